The Bertz CT molecular complexity index is 792. The van der Waals surface area contributed by atoms with Crippen molar-refractivity contribution in [3.05, 3.63) is 35.9 Å². The predicted molar refractivity (Wildman–Crippen MR) is 133 cm³/mol. The summed E-state index contributed by atoms with van der Waals surface area (Å²) in [6.45, 7) is 3.44. The topological polar surface area (TPSA) is 95.9 Å². The van der Waals surface area contributed by atoms with Gasteiger partial charge in [-0.05, 0) is 56.9 Å². The second-order valence-electron chi connectivity index (χ2n) is 9.51. The largest absolute Gasteiger partial charge is 0.480 e. The van der Waals surface area contributed by atoms with Gasteiger partial charge in [-0.25, -0.2) is 0 Å². The Morgan fingerprint density at radius 2 is 1.74 bits per heavy atom. The number of halogens is 1. The summed E-state index contributed by atoms with van der Waals surface area (Å²) in [5, 5.41) is 12.6. The lowest BCUT2D eigenvalue weighted by Crippen LogP contribution is -2.54. The van der Waals surface area contributed by atoms with Gasteiger partial charge >= 0.3 is 11.9 Å². The molecule has 0 aromatic heterocycles. The number of amides is 1. The molecule has 2 N–H and O–H groups in total. The number of benzene rings is 1. The van der Waals surface area contributed by atoms with Crippen LogP contribution in [-0.2, 0) is 25.5 Å². The molecule has 1 aromatic carbocycles. The third-order valence-corrected chi connectivity index (χ3v) is 7.20. The van der Waals surface area contributed by atoms with Crippen LogP contribution in [0.5, 0.6) is 0 Å². The van der Waals surface area contributed by atoms with Crippen LogP contribution in [0.3, 0.4) is 0 Å². The summed E-state index contributed by atoms with van der Waals surface area (Å²) in [6.07, 6.45) is 7.72. The first-order chi connectivity index (χ1) is 15.9. The first kappa shape index (κ1) is 28.1. The number of fused-ring (bicyclic) bond motifs is 1. The van der Waals surface area contributed by atoms with Crippen molar-refractivity contribution in [1.29, 1.82) is 0 Å². The molecule has 0 radical (unpaired) electrons. The van der Waals surface area contributed by atoms with Gasteiger partial charge in [0.15, 0.2) is 0 Å². The standard InChI is InChI=1S/C26H38N2O5.ClH/c1-3-33-26(32)23(14-13-19-9-5-4-6-10-19)27-18(2)25(31)28(17-24(29)30)22-15-20-11-7-8-12-21(20)16-22;/h4-6,9-10,18,20-23,27H,3,7-8,11-17H2,1-2H3,(H,29,30);1H/t18-,20+,21+,23?;/m0./s1. The molecule has 0 heterocycles. The quantitative estimate of drug-likeness (QED) is 0.454. The lowest BCUT2D eigenvalue weighted by Gasteiger charge is -2.32. The molecule has 0 aliphatic heterocycles. The van der Waals surface area contributed by atoms with E-state index in [9.17, 15) is 19.5 Å². The maximum Gasteiger partial charge on any atom is 0.323 e. The van der Waals surface area contributed by atoms with E-state index in [2.05, 4.69) is 5.32 Å². The molecule has 190 valence electrons. The first-order valence-electron chi connectivity index (χ1n) is 12.4. The second-order valence-corrected chi connectivity index (χ2v) is 9.51. The van der Waals surface area contributed by atoms with Crippen LogP contribution < -0.4 is 5.32 Å². The fraction of sp³-hybridized carbons (Fsp3) is 0.654. The number of hydrogen-bond acceptors (Lipinski definition) is 5. The lowest BCUT2D eigenvalue weighted by atomic mass is 9.82. The van der Waals surface area contributed by atoms with Crippen molar-refractivity contribution in [3.8, 4) is 0 Å². The van der Waals surface area contributed by atoms with Gasteiger partial charge in [-0.1, -0.05) is 56.0 Å². The van der Waals surface area contributed by atoms with Crippen molar-refractivity contribution in [2.24, 2.45) is 11.8 Å². The van der Waals surface area contributed by atoms with Crippen molar-refractivity contribution in [3.63, 3.8) is 0 Å². The van der Waals surface area contributed by atoms with Gasteiger partial charge in [0, 0.05) is 6.04 Å². The van der Waals surface area contributed by atoms with Crippen molar-refractivity contribution in [2.75, 3.05) is 13.2 Å². The van der Waals surface area contributed by atoms with Crippen LogP contribution in [0, 0.1) is 11.8 Å². The fourth-order valence-electron chi connectivity index (χ4n) is 5.58. The van der Waals surface area contributed by atoms with Crippen molar-refractivity contribution >= 4 is 30.3 Å². The van der Waals surface area contributed by atoms with Crippen LogP contribution in [0.2, 0.25) is 0 Å². The van der Waals surface area contributed by atoms with Crippen LogP contribution in [0.25, 0.3) is 0 Å². The number of carbonyl (C=O) groups is 3. The number of hydrogen-bond donors (Lipinski definition) is 2. The van der Waals surface area contributed by atoms with Gasteiger partial charge < -0.3 is 14.7 Å². The highest BCUT2D eigenvalue weighted by Gasteiger charge is 2.41. The molecule has 1 aromatic rings. The molecule has 0 saturated heterocycles. The maximum atomic E-state index is 13.4. The minimum atomic E-state index is -1.00. The summed E-state index contributed by atoms with van der Waals surface area (Å²) >= 11 is 0. The number of nitrogens with zero attached hydrogens (tertiary/aromatic N) is 1. The van der Waals surface area contributed by atoms with Gasteiger partial charge in [0.05, 0.1) is 12.6 Å². The molecule has 8 heteroatoms. The highest BCUT2D eigenvalue weighted by Crippen LogP contribution is 2.44. The fourth-order valence-corrected chi connectivity index (χ4v) is 5.58. The monoisotopic (exact) mass is 494 g/mol. The molecule has 2 fully saturated rings. The molecule has 0 spiro atoms. The van der Waals surface area contributed by atoms with E-state index in [1.165, 1.54) is 30.6 Å². The lowest BCUT2D eigenvalue weighted by molar-refractivity contribution is -0.149. The van der Waals surface area contributed by atoms with Crippen molar-refractivity contribution < 1.29 is 24.2 Å². The van der Waals surface area contributed by atoms with Gasteiger partial charge in [0.25, 0.3) is 0 Å². The maximum absolute atomic E-state index is 13.4. The summed E-state index contributed by atoms with van der Waals surface area (Å²) < 4.78 is 5.24. The van der Waals surface area contributed by atoms with E-state index in [4.69, 9.17) is 4.74 Å². The average Bonchev–Trinajstić information content (AvgIpc) is 3.24. The molecule has 2 saturated carbocycles. The molecule has 2 aliphatic carbocycles. The van der Waals surface area contributed by atoms with Crippen molar-refractivity contribution in [1.82, 2.24) is 10.2 Å². The van der Waals surface area contributed by atoms with E-state index in [0.717, 1.165) is 18.4 Å². The summed E-state index contributed by atoms with van der Waals surface area (Å²) in [7, 11) is 0. The molecule has 1 unspecified atom stereocenters. The molecule has 0 bridgehead atoms. The van der Waals surface area contributed by atoms with Crippen LogP contribution in [0.1, 0.15) is 64.4 Å². The summed E-state index contributed by atoms with van der Waals surface area (Å²) in [5.41, 5.74) is 1.11. The number of nitrogens with one attached hydrogen (secondary N) is 1. The Labute approximate surface area is 209 Å². The van der Waals surface area contributed by atoms with Gasteiger partial charge in [-0.3, -0.25) is 19.7 Å². The highest BCUT2D eigenvalue weighted by atomic mass is 35.5. The van der Waals surface area contributed by atoms with Gasteiger partial charge in [-0.2, -0.15) is 0 Å². The first-order valence-corrected chi connectivity index (χ1v) is 12.4. The highest BCUT2D eigenvalue weighted by molar-refractivity contribution is 5.86. The van der Waals surface area contributed by atoms with E-state index in [1.54, 1.807) is 13.8 Å². The second kappa shape index (κ2) is 13.7. The minimum absolute atomic E-state index is 0. The minimum Gasteiger partial charge on any atom is -0.480 e. The van der Waals surface area contributed by atoms with Crippen LogP contribution >= 0.6 is 12.4 Å². The molecule has 7 nitrogen and oxygen atoms in total. The Balaban J connectivity index is 0.00000408. The third-order valence-electron chi connectivity index (χ3n) is 7.20. The van der Waals surface area contributed by atoms with E-state index in [1.807, 2.05) is 30.3 Å². The molecular weight excluding hydrogens is 456 g/mol. The molecule has 3 rings (SSSR count). The zero-order chi connectivity index (χ0) is 23.8. The molecular formula is C26H39ClN2O5. The van der Waals surface area contributed by atoms with Crippen LogP contribution in [-0.4, -0.2) is 59.1 Å². The van der Waals surface area contributed by atoms with E-state index in [0.29, 0.717) is 24.7 Å². The normalized spacial score (nSPS) is 21.6. The average molecular weight is 495 g/mol. The smallest absolute Gasteiger partial charge is 0.323 e. The Morgan fingerprint density at radius 1 is 1.12 bits per heavy atom. The number of carboxylic acids is 1. The van der Waals surface area contributed by atoms with E-state index >= 15 is 0 Å². The Kier molecular flexibility index (Phi) is 11.3. The van der Waals surface area contributed by atoms with E-state index in [-0.39, 0.29) is 43.5 Å². The van der Waals surface area contributed by atoms with Crippen LogP contribution in [0.15, 0.2) is 30.3 Å². The number of esters is 1. The predicted octanol–water partition coefficient (Wildman–Crippen LogP) is 3.83. The molecule has 1 amide bonds. The summed E-state index contributed by atoms with van der Waals surface area (Å²) in [4.78, 5) is 39.1. The van der Waals surface area contributed by atoms with Gasteiger partial charge in [0.2, 0.25) is 5.91 Å². The van der Waals surface area contributed by atoms with Crippen molar-refractivity contribution in [2.45, 2.75) is 83.3 Å². The Morgan fingerprint density at radius 3 is 2.29 bits per heavy atom. The number of carboxylic acid groups (broad SMARTS) is 1. The molecule has 2 aliphatic rings. The summed E-state index contributed by atoms with van der Waals surface area (Å²) in [6, 6.07) is 8.50. The number of rotatable bonds is 11. The zero-order valence-electron chi connectivity index (χ0n) is 20.3. The number of ether oxygens (including phenoxy) is 1. The van der Waals surface area contributed by atoms with E-state index < -0.39 is 18.1 Å². The zero-order valence-corrected chi connectivity index (χ0v) is 21.1. The number of aryl methyl sites for hydroxylation is 1. The molecule has 4 atom stereocenters. The van der Waals surface area contributed by atoms with Gasteiger partial charge in [0.1, 0.15) is 12.6 Å². The number of carbonyl (C=O) groups excluding carboxylic acids is 2. The summed E-state index contributed by atoms with van der Waals surface area (Å²) in [5.74, 6) is -0.459. The van der Waals surface area contributed by atoms with Crippen LogP contribution in [0.4, 0.5) is 0 Å². The Hall–Kier alpha value is -2.12. The number of aliphatic carboxylic acids is 1. The molecule has 34 heavy (non-hydrogen) atoms. The SMILES string of the molecule is CCOC(=O)C(CCc1ccccc1)N[C@@H](C)C(=O)N(CC(=O)O)C1C[C@H]2CCCC[C@@H]2C1.Cl. The van der Waals surface area contributed by atoms with Gasteiger partial charge in [-0.15, -0.1) is 12.4 Å². The third kappa shape index (κ3) is 7.70.